The maximum atomic E-state index is 12.9. The van der Waals surface area contributed by atoms with Crippen LogP contribution in [-0.4, -0.2) is 58.8 Å². The molecule has 0 saturated carbocycles. The molecule has 0 radical (unpaired) electrons. The average molecular weight is 439 g/mol. The second-order valence-electron chi connectivity index (χ2n) is 9.66. The van der Waals surface area contributed by atoms with Gasteiger partial charge in [-0.25, -0.2) is 4.98 Å². The Kier molecular flexibility index (Phi) is 6.05. The highest BCUT2D eigenvalue weighted by molar-refractivity contribution is 5.81. The molecule has 2 saturated heterocycles. The van der Waals surface area contributed by atoms with E-state index in [-0.39, 0.29) is 12.0 Å². The second-order valence-corrected chi connectivity index (χ2v) is 9.66. The van der Waals surface area contributed by atoms with Gasteiger partial charge in [0.15, 0.2) is 6.10 Å². The Balaban J connectivity index is 1.25. The van der Waals surface area contributed by atoms with Gasteiger partial charge in [-0.1, -0.05) is 29.3 Å². The minimum Gasteiger partial charge on any atom is -0.376 e. The molecule has 2 aromatic rings. The maximum absolute atomic E-state index is 12.9. The van der Waals surface area contributed by atoms with Crippen molar-refractivity contribution in [1.82, 2.24) is 19.8 Å². The standard InChI is InChI=1S/C25H34N4O3/c1-18-12-19(2)14-20(13-18)16-28-8-5-25(6-9-28)24-26-7-10-29(24)17-22(32-25)23(30)27-15-21-4-3-11-31-21/h7,10,12-14,21-22H,3-6,8-9,11,15-17H2,1-2H3,(H,27,30)/t21-,22-/m0/s1. The van der Waals surface area contributed by atoms with E-state index in [4.69, 9.17) is 9.47 Å². The zero-order valence-electron chi connectivity index (χ0n) is 19.2. The predicted molar refractivity (Wildman–Crippen MR) is 121 cm³/mol. The third kappa shape index (κ3) is 4.47. The van der Waals surface area contributed by atoms with Gasteiger partial charge < -0.3 is 19.4 Å². The summed E-state index contributed by atoms with van der Waals surface area (Å²) >= 11 is 0. The Morgan fingerprint density at radius 1 is 1.22 bits per heavy atom. The zero-order chi connectivity index (χ0) is 22.1. The van der Waals surface area contributed by atoms with Gasteiger partial charge in [0, 0.05) is 45.2 Å². The number of amides is 1. The van der Waals surface area contributed by atoms with Gasteiger partial charge in [-0.2, -0.15) is 0 Å². The van der Waals surface area contributed by atoms with E-state index < -0.39 is 11.7 Å². The Morgan fingerprint density at radius 2 is 2.00 bits per heavy atom. The maximum Gasteiger partial charge on any atom is 0.251 e. The summed E-state index contributed by atoms with van der Waals surface area (Å²) in [7, 11) is 0. The molecule has 3 aliphatic rings. The van der Waals surface area contributed by atoms with Crippen LogP contribution in [0, 0.1) is 13.8 Å². The largest absolute Gasteiger partial charge is 0.376 e. The lowest BCUT2D eigenvalue weighted by Gasteiger charge is -2.45. The van der Waals surface area contributed by atoms with Gasteiger partial charge in [-0.15, -0.1) is 0 Å². The average Bonchev–Trinajstić information content (AvgIpc) is 3.45. The summed E-state index contributed by atoms with van der Waals surface area (Å²) < 4.78 is 14.3. The fraction of sp³-hybridized carbons (Fsp3) is 0.600. The first-order valence-electron chi connectivity index (χ1n) is 11.9. The number of aryl methyl sites for hydroxylation is 2. The van der Waals surface area contributed by atoms with Gasteiger partial charge in [0.25, 0.3) is 5.91 Å². The van der Waals surface area contributed by atoms with Crippen molar-refractivity contribution in [1.29, 1.82) is 0 Å². The highest BCUT2D eigenvalue weighted by Crippen LogP contribution is 2.40. The van der Waals surface area contributed by atoms with Gasteiger partial charge in [0.05, 0.1) is 12.6 Å². The number of carbonyl (C=O) groups is 1. The fourth-order valence-electron chi connectivity index (χ4n) is 5.50. The zero-order valence-corrected chi connectivity index (χ0v) is 19.2. The molecule has 0 aliphatic carbocycles. The smallest absolute Gasteiger partial charge is 0.251 e. The first kappa shape index (κ1) is 21.6. The number of benzene rings is 1. The summed E-state index contributed by atoms with van der Waals surface area (Å²) in [6, 6.07) is 6.76. The van der Waals surface area contributed by atoms with E-state index in [2.05, 4.69) is 51.8 Å². The van der Waals surface area contributed by atoms with E-state index >= 15 is 0 Å². The highest BCUT2D eigenvalue weighted by atomic mass is 16.5. The molecule has 1 aromatic heterocycles. The van der Waals surface area contributed by atoms with Gasteiger partial charge in [-0.05, 0) is 45.1 Å². The highest BCUT2D eigenvalue weighted by Gasteiger charge is 2.47. The third-order valence-electron chi connectivity index (χ3n) is 7.03. The molecule has 4 heterocycles. The molecular weight excluding hydrogens is 404 g/mol. The lowest BCUT2D eigenvalue weighted by atomic mass is 9.88. The molecule has 172 valence electrons. The first-order valence-corrected chi connectivity index (χ1v) is 11.9. The van der Waals surface area contributed by atoms with Crippen LogP contribution in [0.25, 0.3) is 0 Å². The SMILES string of the molecule is Cc1cc(C)cc(CN2CCC3(CC2)O[C@H](C(=O)NC[C@@H]2CCCO2)Cn2ccnc23)c1. The van der Waals surface area contributed by atoms with E-state index in [0.717, 1.165) is 57.7 Å². The van der Waals surface area contributed by atoms with Crippen LogP contribution in [0.3, 0.4) is 0 Å². The fourth-order valence-corrected chi connectivity index (χ4v) is 5.50. The van der Waals surface area contributed by atoms with Crippen LogP contribution in [0.4, 0.5) is 0 Å². The molecular formula is C25H34N4O3. The lowest BCUT2D eigenvalue weighted by Crippen LogP contribution is -2.54. The van der Waals surface area contributed by atoms with Gasteiger partial charge >= 0.3 is 0 Å². The van der Waals surface area contributed by atoms with Crippen LogP contribution >= 0.6 is 0 Å². The van der Waals surface area contributed by atoms with E-state index in [1.807, 2.05) is 12.4 Å². The van der Waals surface area contributed by atoms with E-state index in [1.165, 1.54) is 16.7 Å². The number of ether oxygens (including phenoxy) is 2. The van der Waals surface area contributed by atoms with Gasteiger partial charge in [-0.3, -0.25) is 9.69 Å². The van der Waals surface area contributed by atoms with Crippen molar-refractivity contribution >= 4 is 5.91 Å². The molecule has 1 aromatic carbocycles. The summed E-state index contributed by atoms with van der Waals surface area (Å²) in [5, 5.41) is 3.06. The Morgan fingerprint density at radius 3 is 2.72 bits per heavy atom. The van der Waals surface area contributed by atoms with Crippen molar-refractivity contribution < 1.29 is 14.3 Å². The summed E-state index contributed by atoms with van der Waals surface area (Å²) in [6.45, 7) is 8.96. The quantitative estimate of drug-likeness (QED) is 0.777. The first-order chi connectivity index (χ1) is 15.5. The molecule has 0 unspecified atom stereocenters. The van der Waals surface area contributed by atoms with Crippen LogP contribution < -0.4 is 5.32 Å². The van der Waals surface area contributed by atoms with Crippen LogP contribution in [0.1, 0.15) is 48.2 Å². The van der Waals surface area contributed by atoms with Crippen molar-refractivity contribution in [3.05, 3.63) is 53.1 Å². The number of nitrogens with one attached hydrogen (secondary N) is 1. The number of aromatic nitrogens is 2. The Hall–Kier alpha value is -2.22. The number of hydrogen-bond donors (Lipinski definition) is 1. The molecule has 1 amide bonds. The summed E-state index contributed by atoms with van der Waals surface area (Å²) in [5.74, 6) is 0.920. The summed E-state index contributed by atoms with van der Waals surface area (Å²) in [4.78, 5) is 20.1. The van der Waals surface area contributed by atoms with Crippen molar-refractivity contribution in [2.75, 3.05) is 26.2 Å². The van der Waals surface area contributed by atoms with E-state index in [9.17, 15) is 4.79 Å². The number of fused-ring (bicyclic) bond motifs is 2. The number of imidazole rings is 1. The van der Waals surface area contributed by atoms with Crippen LogP contribution in [0.2, 0.25) is 0 Å². The van der Waals surface area contributed by atoms with Crippen molar-refractivity contribution in [3.63, 3.8) is 0 Å². The molecule has 2 fully saturated rings. The molecule has 0 bridgehead atoms. The molecule has 7 nitrogen and oxygen atoms in total. The lowest BCUT2D eigenvalue weighted by molar-refractivity contribution is -0.174. The Labute approximate surface area is 190 Å². The van der Waals surface area contributed by atoms with E-state index in [1.54, 1.807) is 0 Å². The molecule has 32 heavy (non-hydrogen) atoms. The molecule has 1 N–H and O–H groups in total. The molecule has 7 heteroatoms. The van der Waals surface area contributed by atoms with Crippen molar-refractivity contribution in [3.8, 4) is 0 Å². The monoisotopic (exact) mass is 438 g/mol. The van der Waals surface area contributed by atoms with Crippen molar-refractivity contribution in [2.24, 2.45) is 0 Å². The molecule has 2 atom stereocenters. The molecule has 1 spiro atoms. The number of piperidine rings is 1. The molecule has 5 rings (SSSR count). The topological polar surface area (TPSA) is 68.6 Å². The predicted octanol–water partition coefficient (Wildman–Crippen LogP) is 2.69. The number of likely N-dealkylation sites (tertiary alicyclic amines) is 1. The third-order valence-corrected chi connectivity index (χ3v) is 7.03. The van der Waals surface area contributed by atoms with Gasteiger partial charge in [0.2, 0.25) is 0 Å². The number of hydrogen-bond acceptors (Lipinski definition) is 5. The normalized spacial score (nSPS) is 25.1. The Bertz CT molecular complexity index is 938. The minimum atomic E-state index is -0.496. The van der Waals surface area contributed by atoms with Crippen LogP contribution in [0.5, 0.6) is 0 Å². The second kappa shape index (κ2) is 8.96. The van der Waals surface area contributed by atoms with E-state index in [0.29, 0.717) is 13.1 Å². The minimum absolute atomic E-state index is 0.0445. The van der Waals surface area contributed by atoms with Crippen molar-refractivity contribution in [2.45, 2.75) is 70.4 Å². The summed E-state index contributed by atoms with van der Waals surface area (Å²) in [5.41, 5.74) is 3.48. The van der Waals surface area contributed by atoms with Crippen LogP contribution in [0.15, 0.2) is 30.6 Å². The van der Waals surface area contributed by atoms with Crippen LogP contribution in [-0.2, 0) is 33.0 Å². The molecule has 3 aliphatic heterocycles. The van der Waals surface area contributed by atoms with Gasteiger partial charge in [0.1, 0.15) is 11.4 Å². The number of rotatable bonds is 5. The number of nitrogens with zero attached hydrogens (tertiary/aromatic N) is 3. The summed E-state index contributed by atoms with van der Waals surface area (Å²) in [6.07, 6.45) is 7.20. The number of carbonyl (C=O) groups excluding carboxylic acids is 1.